The molecule has 0 bridgehead atoms. The summed E-state index contributed by atoms with van der Waals surface area (Å²) >= 11 is 0. The molecule has 0 radical (unpaired) electrons. The zero-order valence-electron chi connectivity index (χ0n) is 11.0. The third-order valence-electron chi connectivity index (χ3n) is 2.73. The Morgan fingerprint density at radius 3 is 2.71 bits per heavy atom. The Morgan fingerprint density at radius 1 is 1.48 bits per heavy atom. The molecule has 0 aliphatic heterocycles. The smallest absolute Gasteiger partial charge is 0.358 e. The van der Waals surface area contributed by atoms with Gasteiger partial charge in [0.2, 0.25) is 4.90 Å². The summed E-state index contributed by atoms with van der Waals surface area (Å²) in [5.74, 6) is -0.786. The van der Waals surface area contributed by atoms with Gasteiger partial charge >= 0.3 is 5.82 Å². The van der Waals surface area contributed by atoms with E-state index in [4.69, 9.17) is 10.7 Å². The van der Waals surface area contributed by atoms with Crippen LogP contribution in [0.25, 0.3) is 0 Å². The van der Waals surface area contributed by atoms with E-state index < -0.39 is 24.7 Å². The van der Waals surface area contributed by atoms with Crippen LogP contribution in [-0.2, 0) is 22.1 Å². The van der Waals surface area contributed by atoms with Crippen molar-refractivity contribution in [3.8, 4) is 0 Å². The second-order valence-corrected chi connectivity index (χ2v) is 6.82. The monoisotopic (exact) mass is 333 g/mol. The van der Waals surface area contributed by atoms with Crippen LogP contribution in [0.15, 0.2) is 23.6 Å². The van der Waals surface area contributed by atoms with Crippen LogP contribution in [0.2, 0.25) is 0 Å². The first-order chi connectivity index (χ1) is 9.82. The second-order valence-electron chi connectivity index (χ2n) is 4.29. The van der Waals surface area contributed by atoms with Crippen LogP contribution in [0.4, 0.5) is 5.82 Å². The van der Waals surface area contributed by atoms with Crippen molar-refractivity contribution in [3.05, 3.63) is 34.5 Å². The van der Waals surface area contributed by atoms with Gasteiger partial charge in [-0.15, -0.1) is 0 Å². The Bertz CT molecular complexity index is 766. The van der Waals surface area contributed by atoms with Crippen LogP contribution >= 0.6 is 10.7 Å². The maximum atomic E-state index is 11.3. The molecule has 0 N–H and O–H groups in total. The lowest BCUT2D eigenvalue weighted by Gasteiger charge is -2.04. The molecule has 9 nitrogen and oxygen atoms in total. The van der Waals surface area contributed by atoms with Crippen LogP contribution in [-0.4, -0.2) is 32.7 Å². The fourth-order valence-corrected chi connectivity index (χ4v) is 2.77. The van der Waals surface area contributed by atoms with E-state index >= 15 is 0 Å². The molecular formula is C10H12ClN5O4S. The number of aromatic nitrogens is 4. The molecule has 0 saturated heterocycles. The third-order valence-corrected chi connectivity index (χ3v) is 4.04. The standard InChI is InChI=1S/C10H12ClN5O4S/c1-2-3-14-7-12-4-8(14)5-15-6-9(21(11,19)20)10(13-15)16(17)18/h4,6-7H,2-3,5H2,1H3. The lowest BCUT2D eigenvalue weighted by Crippen LogP contribution is -2.07. The summed E-state index contributed by atoms with van der Waals surface area (Å²) in [6.45, 7) is 2.90. The number of aryl methyl sites for hydroxylation is 1. The van der Waals surface area contributed by atoms with Crippen LogP contribution in [0.1, 0.15) is 19.0 Å². The second kappa shape index (κ2) is 5.82. The molecule has 2 rings (SSSR count). The van der Waals surface area contributed by atoms with E-state index in [0.717, 1.165) is 29.5 Å². The lowest BCUT2D eigenvalue weighted by atomic mass is 10.4. The number of nitro groups is 1. The number of hydrogen-bond acceptors (Lipinski definition) is 6. The Morgan fingerprint density at radius 2 is 2.19 bits per heavy atom. The van der Waals surface area contributed by atoms with E-state index in [0.29, 0.717) is 0 Å². The molecule has 0 aromatic carbocycles. The van der Waals surface area contributed by atoms with Crippen LogP contribution in [0, 0.1) is 10.1 Å². The number of nitrogens with zero attached hydrogens (tertiary/aromatic N) is 5. The molecule has 114 valence electrons. The zero-order chi connectivity index (χ0) is 15.6. The summed E-state index contributed by atoms with van der Waals surface area (Å²) in [5.41, 5.74) is 0.757. The van der Waals surface area contributed by atoms with Crippen molar-refractivity contribution in [3.63, 3.8) is 0 Å². The molecule has 2 aromatic heterocycles. The summed E-state index contributed by atoms with van der Waals surface area (Å²) in [6.07, 6.45) is 5.17. The third kappa shape index (κ3) is 3.39. The number of rotatable bonds is 6. The lowest BCUT2D eigenvalue weighted by molar-refractivity contribution is -0.392. The van der Waals surface area contributed by atoms with Crippen LogP contribution in [0.3, 0.4) is 0 Å². The molecule has 21 heavy (non-hydrogen) atoms. The van der Waals surface area contributed by atoms with Crippen molar-refractivity contribution < 1.29 is 13.3 Å². The predicted octanol–water partition coefficient (Wildman–Crippen LogP) is 1.37. The van der Waals surface area contributed by atoms with Crippen molar-refractivity contribution >= 4 is 25.6 Å². The highest BCUT2D eigenvalue weighted by atomic mass is 35.7. The minimum absolute atomic E-state index is 0.160. The van der Waals surface area contributed by atoms with E-state index in [-0.39, 0.29) is 6.54 Å². The van der Waals surface area contributed by atoms with E-state index in [1.54, 1.807) is 12.5 Å². The fourth-order valence-electron chi connectivity index (χ4n) is 1.86. The van der Waals surface area contributed by atoms with Gasteiger partial charge in [0, 0.05) is 17.2 Å². The number of halogens is 1. The first-order valence-corrected chi connectivity index (χ1v) is 8.29. The van der Waals surface area contributed by atoms with E-state index in [1.165, 1.54) is 0 Å². The summed E-state index contributed by atoms with van der Waals surface area (Å²) in [7, 11) is 0.949. The first-order valence-electron chi connectivity index (χ1n) is 5.98. The number of imidazole rings is 1. The predicted molar refractivity (Wildman–Crippen MR) is 73.5 cm³/mol. The maximum absolute atomic E-state index is 11.3. The van der Waals surface area contributed by atoms with Gasteiger partial charge in [-0.3, -0.25) is 0 Å². The molecule has 0 amide bonds. The largest absolute Gasteiger partial charge is 0.410 e. The summed E-state index contributed by atoms with van der Waals surface area (Å²) in [4.78, 5) is 13.3. The maximum Gasteiger partial charge on any atom is 0.410 e. The van der Waals surface area contributed by atoms with Crippen molar-refractivity contribution in [2.45, 2.75) is 31.3 Å². The van der Waals surface area contributed by atoms with Gasteiger partial charge < -0.3 is 14.7 Å². The van der Waals surface area contributed by atoms with Gasteiger partial charge in [-0.25, -0.2) is 13.4 Å². The topological polar surface area (TPSA) is 113 Å². The van der Waals surface area contributed by atoms with Crippen LogP contribution < -0.4 is 0 Å². The zero-order valence-corrected chi connectivity index (χ0v) is 12.6. The fraction of sp³-hybridized carbons (Fsp3) is 0.400. The van der Waals surface area contributed by atoms with Gasteiger partial charge in [0.1, 0.15) is 6.54 Å². The summed E-state index contributed by atoms with van der Waals surface area (Å²) < 4.78 is 25.7. The SMILES string of the molecule is CCCn1cncc1Cn1cc(S(=O)(=O)Cl)c([N+](=O)[O-])n1. The van der Waals surface area contributed by atoms with Gasteiger partial charge in [0.05, 0.1) is 29.5 Å². The minimum Gasteiger partial charge on any atom is -0.358 e. The summed E-state index contributed by atoms with van der Waals surface area (Å²) in [6, 6.07) is 0. The van der Waals surface area contributed by atoms with Gasteiger partial charge in [-0.1, -0.05) is 6.92 Å². The van der Waals surface area contributed by atoms with Crippen molar-refractivity contribution in [1.29, 1.82) is 0 Å². The average molecular weight is 334 g/mol. The van der Waals surface area contributed by atoms with Gasteiger partial charge in [0.25, 0.3) is 9.05 Å². The van der Waals surface area contributed by atoms with E-state index in [2.05, 4.69) is 10.1 Å². The van der Waals surface area contributed by atoms with E-state index in [9.17, 15) is 18.5 Å². The Balaban J connectivity index is 2.37. The Kier molecular flexibility index (Phi) is 4.28. The number of hydrogen-bond donors (Lipinski definition) is 0. The van der Waals surface area contributed by atoms with Gasteiger partial charge in [-0.05, 0) is 11.3 Å². The highest BCUT2D eigenvalue weighted by Crippen LogP contribution is 2.25. The molecule has 0 fully saturated rings. The quantitative estimate of drug-likeness (QED) is 0.448. The molecule has 0 unspecified atom stereocenters. The van der Waals surface area contributed by atoms with Crippen molar-refractivity contribution in [1.82, 2.24) is 19.3 Å². The molecule has 0 saturated carbocycles. The van der Waals surface area contributed by atoms with Crippen LogP contribution in [0.5, 0.6) is 0 Å². The molecule has 2 aromatic rings. The molecule has 2 heterocycles. The normalized spacial score (nSPS) is 11.7. The first kappa shape index (κ1) is 15.4. The molecule has 0 aliphatic rings. The Labute approximate surface area is 124 Å². The highest BCUT2D eigenvalue weighted by Gasteiger charge is 2.30. The van der Waals surface area contributed by atoms with Gasteiger partial charge in [0.15, 0.2) is 0 Å². The molecule has 0 aliphatic carbocycles. The molecule has 0 spiro atoms. The summed E-state index contributed by atoms with van der Waals surface area (Å²) in [5, 5.41) is 14.5. The Hall–Kier alpha value is -1.94. The van der Waals surface area contributed by atoms with Gasteiger partial charge in [-0.2, -0.15) is 4.68 Å². The van der Waals surface area contributed by atoms with E-state index in [1.807, 2.05) is 11.5 Å². The molecular weight excluding hydrogens is 322 g/mol. The molecule has 11 heteroatoms. The minimum atomic E-state index is -4.23. The highest BCUT2D eigenvalue weighted by molar-refractivity contribution is 8.13. The molecule has 0 atom stereocenters. The van der Waals surface area contributed by atoms with Crippen molar-refractivity contribution in [2.75, 3.05) is 0 Å². The van der Waals surface area contributed by atoms with Crippen molar-refractivity contribution in [2.24, 2.45) is 0 Å². The average Bonchev–Trinajstić information content (AvgIpc) is 2.97.